The van der Waals surface area contributed by atoms with Crippen LogP contribution in [0.25, 0.3) is 11.1 Å². The zero-order valence-corrected chi connectivity index (χ0v) is 11.8. The summed E-state index contributed by atoms with van der Waals surface area (Å²) in [4.78, 5) is 4.29. The number of aromatic nitrogens is 1. The zero-order valence-electron chi connectivity index (χ0n) is 10.3. The molecule has 0 fully saturated rings. The van der Waals surface area contributed by atoms with Crippen LogP contribution in [-0.2, 0) is 6.61 Å². The fraction of sp³-hybridized carbons (Fsp3) is 0.0714. The Morgan fingerprint density at radius 3 is 2.75 bits per heavy atom. The van der Waals surface area contributed by atoms with Crippen LogP contribution in [0.2, 0.25) is 10.0 Å². The van der Waals surface area contributed by atoms with E-state index in [1.54, 1.807) is 30.3 Å². The number of oxazole rings is 1. The fourth-order valence-corrected chi connectivity index (χ4v) is 2.08. The van der Waals surface area contributed by atoms with Crippen molar-refractivity contribution in [3.8, 4) is 5.75 Å². The molecule has 6 heteroatoms. The molecule has 3 rings (SSSR count). The number of nitrogens with zero attached hydrogens (tertiary/aromatic N) is 1. The second-order valence-corrected chi connectivity index (χ2v) is 4.98. The third-order valence-corrected chi connectivity index (χ3v) is 3.49. The highest BCUT2D eigenvalue weighted by Gasteiger charge is 2.09. The molecule has 0 saturated heterocycles. The van der Waals surface area contributed by atoms with E-state index in [0.717, 1.165) is 0 Å². The summed E-state index contributed by atoms with van der Waals surface area (Å²) in [6.07, 6.45) is 0. The van der Waals surface area contributed by atoms with E-state index in [9.17, 15) is 0 Å². The van der Waals surface area contributed by atoms with E-state index < -0.39 is 0 Å². The Morgan fingerprint density at radius 1 is 1.15 bits per heavy atom. The number of rotatable bonds is 3. The molecule has 1 aromatic heterocycles. The molecule has 102 valence electrons. The Bertz CT molecular complexity index is 771. The molecule has 0 aliphatic carbocycles. The first kappa shape index (κ1) is 13.1. The van der Waals surface area contributed by atoms with Gasteiger partial charge in [0, 0.05) is 6.07 Å². The number of nitrogen functional groups attached to an aromatic ring is 1. The van der Waals surface area contributed by atoms with E-state index in [4.69, 9.17) is 38.1 Å². The highest BCUT2D eigenvalue weighted by Crippen LogP contribution is 2.27. The first-order valence-electron chi connectivity index (χ1n) is 5.85. The molecule has 1 heterocycles. The Morgan fingerprint density at radius 2 is 2.00 bits per heavy atom. The van der Waals surface area contributed by atoms with Crippen LogP contribution in [0.1, 0.15) is 5.89 Å². The Balaban J connectivity index is 1.79. The molecule has 2 N–H and O–H groups in total. The van der Waals surface area contributed by atoms with Crippen molar-refractivity contribution in [3.05, 3.63) is 52.3 Å². The Hall–Kier alpha value is -1.91. The van der Waals surface area contributed by atoms with Gasteiger partial charge in [-0.05, 0) is 24.3 Å². The molecule has 0 saturated carbocycles. The Labute approximate surface area is 125 Å². The van der Waals surface area contributed by atoms with Gasteiger partial charge in [-0.15, -0.1) is 0 Å². The predicted octanol–water partition coefficient (Wildman–Crippen LogP) is 4.30. The minimum Gasteiger partial charge on any atom is -0.484 e. The van der Waals surface area contributed by atoms with Gasteiger partial charge in [0.1, 0.15) is 11.3 Å². The molecule has 3 aromatic rings. The SMILES string of the molecule is Nc1cccc2oc(COc3ccc(Cl)c(Cl)c3)nc12. The summed E-state index contributed by atoms with van der Waals surface area (Å²) in [5.41, 5.74) is 7.67. The summed E-state index contributed by atoms with van der Waals surface area (Å²) >= 11 is 11.7. The second kappa shape index (κ2) is 5.23. The second-order valence-electron chi connectivity index (χ2n) is 4.17. The quantitative estimate of drug-likeness (QED) is 0.733. The number of ether oxygens (including phenoxy) is 1. The van der Waals surface area contributed by atoms with E-state index in [2.05, 4.69) is 4.98 Å². The summed E-state index contributed by atoms with van der Waals surface area (Å²) in [5.74, 6) is 1.04. The fourth-order valence-electron chi connectivity index (χ4n) is 1.79. The average Bonchev–Trinajstić information content (AvgIpc) is 2.85. The molecule has 0 aliphatic rings. The molecule has 4 nitrogen and oxygen atoms in total. The van der Waals surface area contributed by atoms with E-state index >= 15 is 0 Å². The van der Waals surface area contributed by atoms with Gasteiger partial charge in [-0.1, -0.05) is 29.3 Å². The maximum atomic E-state index is 5.91. The van der Waals surface area contributed by atoms with Crippen molar-refractivity contribution in [1.82, 2.24) is 4.98 Å². The minimum atomic E-state index is 0.187. The number of anilines is 1. The van der Waals surface area contributed by atoms with Crippen LogP contribution in [0.3, 0.4) is 0 Å². The summed E-state index contributed by atoms with van der Waals surface area (Å²) in [7, 11) is 0. The molecule has 0 spiro atoms. The average molecular weight is 309 g/mol. The van der Waals surface area contributed by atoms with Gasteiger partial charge in [0.25, 0.3) is 0 Å². The molecular weight excluding hydrogens is 299 g/mol. The van der Waals surface area contributed by atoms with Crippen LogP contribution < -0.4 is 10.5 Å². The monoisotopic (exact) mass is 308 g/mol. The molecule has 0 atom stereocenters. The van der Waals surface area contributed by atoms with Gasteiger partial charge < -0.3 is 14.9 Å². The first-order chi connectivity index (χ1) is 9.63. The molecule has 0 radical (unpaired) electrons. The number of nitrogens with two attached hydrogens (primary N) is 1. The van der Waals surface area contributed by atoms with Gasteiger partial charge in [-0.2, -0.15) is 0 Å². The minimum absolute atomic E-state index is 0.187. The van der Waals surface area contributed by atoms with Crippen molar-refractivity contribution >= 4 is 40.0 Å². The van der Waals surface area contributed by atoms with Gasteiger partial charge in [-0.3, -0.25) is 0 Å². The molecule has 0 amide bonds. The van der Waals surface area contributed by atoms with Crippen LogP contribution in [-0.4, -0.2) is 4.98 Å². The molecule has 20 heavy (non-hydrogen) atoms. The molecule has 0 aliphatic heterocycles. The van der Waals surface area contributed by atoms with E-state index in [0.29, 0.717) is 38.5 Å². The Kier molecular flexibility index (Phi) is 3.42. The number of hydrogen-bond acceptors (Lipinski definition) is 4. The van der Waals surface area contributed by atoms with Crippen molar-refractivity contribution < 1.29 is 9.15 Å². The third-order valence-electron chi connectivity index (χ3n) is 2.75. The van der Waals surface area contributed by atoms with Crippen molar-refractivity contribution in [2.45, 2.75) is 6.61 Å². The normalized spacial score (nSPS) is 10.9. The number of fused-ring (bicyclic) bond motifs is 1. The standard InChI is InChI=1S/C14H10Cl2N2O2/c15-9-5-4-8(6-10(9)16)19-7-13-18-14-11(17)2-1-3-12(14)20-13/h1-6H,7,17H2. The summed E-state index contributed by atoms with van der Waals surface area (Å²) < 4.78 is 11.1. The van der Waals surface area contributed by atoms with Crippen LogP contribution in [0.5, 0.6) is 5.75 Å². The lowest BCUT2D eigenvalue weighted by atomic mass is 10.3. The highest BCUT2D eigenvalue weighted by atomic mass is 35.5. The lowest BCUT2D eigenvalue weighted by Gasteiger charge is -2.04. The summed E-state index contributed by atoms with van der Waals surface area (Å²) in [6.45, 7) is 0.187. The van der Waals surface area contributed by atoms with Gasteiger partial charge in [0.2, 0.25) is 5.89 Å². The maximum absolute atomic E-state index is 5.91. The van der Waals surface area contributed by atoms with Crippen molar-refractivity contribution in [1.29, 1.82) is 0 Å². The first-order valence-corrected chi connectivity index (χ1v) is 6.61. The zero-order chi connectivity index (χ0) is 14.1. The van der Waals surface area contributed by atoms with Crippen LogP contribution in [0.4, 0.5) is 5.69 Å². The van der Waals surface area contributed by atoms with E-state index in [1.807, 2.05) is 6.07 Å². The van der Waals surface area contributed by atoms with Gasteiger partial charge in [0.15, 0.2) is 12.2 Å². The lowest BCUT2D eigenvalue weighted by Crippen LogP contribution is -1.95. The van der Waals surface area contributed by atoms with Crippen LogP contribution >= 0.6 is 23.2 Å². The van der Waals surface area contributed by atoms with Gasteiger partial charge in [-0.25, -0.2) is 4.98 Å². The smallest absolute Gasteiger partial charge is 0.233 e. The molecular formula is C14H10Cl2N2O2. The molecule has 0 unspecified atom stereocenters. The maximum Gasteiger partial charge on any atom is 0.233 e. The van der Waals surface area contributed by atoms with Gasteiger partial charge >= 0.3 is 0 Å². The third kappa shape index (κ3) is 2.53. The predicted molar refractivity (Wildman–Crippen MR) is 79.2 cm³/mol. The summed E-state index contributed by atoms with van der Waals surface area (Å²) in [6, 6.07) is 10.4. The number of benzene rings is 2. The highest BCUT2D eigenvalue weighted by molar-refractivity contribution is 6.42. The number of para-hydroxylation sites is 1. The molecule has 0 bridgehead atoms. The van der Waals surface area contributed by atoms with E-state index in [1.165, 1.54) is 0 Å². The summed E-state index contributed by atoms with van der Waals surface area (Å²) in [5, 5.41) is 0.916. The van der Waals surface area contributed by atoms with Crippen LogP contribution in [0, 0.1) is 0 Å². The van der Waals surface area contributed by atoms with Crippen molar-refractivity contribution in [3.63, 3.8) is 0 Å². The topological polar surface area (TPSA) is 61.3 Å². The molecule has 2 aromatic carbocycles. The van der Waals surface area contributed by atoms with Gasteiger partial charge in [0.05, 0.1) is 15.7 Å². The number of hydrogen-bond donors (Lipinski definition) is 1. The van der Waals surface area contributed by atoms with Crippen LogP contribution in [0.15, 0.2) is 40.8 Å². The van der Waals surface area contributed by atoms with E-state index in [-0.39, 0.29) is 6.61 Å². The van der Waals surface area contributed by atoms with Crippen molar-refractivity contribution in [2.75, 3.05) is 5.73 Å². The van der Waals surface area contributed by atoms with Crippen molar-refractivity contribution in [2.24, 2.45) is 0 Å². The number of halogens is 2. The largest absolute Gasteiger partial charge is 0.484 e. The lowest BCUT2D eigenvalue weighted by molar-refractivity contribution is 0.267.